The maximum absolute atomic E-state index is 5.80. The smallest absolute Gasteiger partial charge is 0.0963 e. The Bertz CT molecular complexity index is 535. The normalized spacial score (nSPS) is 19.6. The summed E-state index contributed by atoms with van der Waals surface area (Å²) in [4.78, 5) is 4.48. The first-order valence-electron chi connectivity index (χ1n) is 6.42. The summed E-state index contributed by atoms with van der Waals surface area (Å²) in [5.74, 6) is 0. The van der Waals surface area contributed by atoms with Crippen LogP contribution in [0.1, 0.15) is 39.0 Å². The van der Waals surface area contributed by atoms with Gasteiger partial charge in [-0.05, 0) is 38.0 Å². The van der Waals surface area contributed by atoms with Gasteiger partial charge in [-0.25, -0.2) is 4.98 Å². The van der Waals surface area contributed by atoms with Gasteiger partial charge in [0.1, 0.15) is 0 Å². The summed E-state index contributed by atoms with van der Waals surface area (Å²) in [6.07, 6.45) is 8.51. The second-order valence-corrected chi connectivity index (χ2v) is 5.42. The molecule has 0 atom stereocenters. The second-order valence-electron chi connectivity index (χ2n) is 5.42. The zero-order valence-electron chi connectivity index (χ0n) is 10.3. The number of imidazole rings is 1. The lowest BCUT2D eigenvalue weighted by molar-refractivity contribution is 0.224. The molecule has 2 aromatic rings. The summed E-state index contributed by atoms with van der Waals surface area (Å²) in [5.41, 5.74) is 9.05. The molecule has 1 aromatic carbocycles. The minimum atomic E-state index is 0.239. The van der Waals surface area contributed by atoms with Gasteiger partial charge in [0.05, 0.1) is 17.4 Å². The molecule has 0 spiro atoms. The number of hydrogen-bond donors (Lipinski definition) is 1. The van der Waals surface area contributed by atoms with E-state index in [1.807, 2.05) is 18.5 Å². The molecule has 1 saturated carbocycles. The minimum Gasteiger partial charge on any atom is -0.399 e. The third-order valence-electron chi connectivity index (χ3n) is 4.08. The number of aromatic nitrogens is 2. The van der Waals surface area contributed by atoms with Gasteiger partial charge < -0.3 is 10.3 Å². The first-order chi connectivity index (χ1) is 8.19. The number of benzene rings is 1. The predicted octanol–water partition coefficient (Wildman–Crippen LogP) is 3.30. The van der Waals surface area contributed by atoms with Crippen LogP contribution in [0, 0.1) is 0 Å². The van der Waals surface area contributed by atoms with Crippen LogP contribution in [0.4, 0.5) is 5.69 Å². The van der Waals surface area contributed by atoms with Gasteiger partial charge in [-0.15, -0.1) is 0 Å². The lowest BCUT2D eigenvalue weighted by Crippen LogP contribution is -2.31. The summed E-state index contributed by atoms with van der Waals surface area (Å²) in [5, 5.41) is 0. The second kappa shape index (κ2) is 3.76. The van der Waals surface area contributed by atoms with E-state index in [1.165, 1.54) is 37.6 Å². The maximum atomic E-state index is 5.80. The van der Waals surface area contributed by atoms with Crippen LogP contribution in [-0.4, -0.2) is 9.55 Å². The van der Waals surface area contributed by atoms with Crippen molar-refractivity contribution in [1.29, 1.82) is 0 Å². The molecule has 0 saturated heterocycles. The summed E-state index contributed by atoms with van der Waals surface area (Å²) < 4.78 is 2.35. The van der Waals surface area contributed by atoms with E-state index >= 15 is 0 Å². The van der Waals surface area contributed by atoms with Gasteiger partial charge in [-0.3, -0.25) is 0 Å². The van der Waals surface area contributed by atoms with Crippen LogP contribution in [0.25, 0.3) is 11.0 Å². The molecule has 0 bridgehead atoms. The Morgan fingerprint density at radius 3 is 2.76 bits per heavy atom. The van der Waals surface area contributed by atoms with E-state index in [9.17, 15) is 0 Å². The van der Waals surface area contributed by atoms with Crippen molar-refractivity contribution in [2.45, 2.75) is 44.6 Å². The van der Waals surface area contributed by atoms with Crippen molar-refractivity contribution in [2.24, 2.45) is 0 Å². The fourth-order valence-corrected chi connectivity index (χ4v) is 3.01. The van der Waals surface area contributed by atoms with Crippen LogP contribution in [0.2, 0.25) is 0 Å². The third kappa shape index (κ3) is 1.70. The minimum absolute atomic E-state index is 0.239. The third-order valence-corrected chi connectivity index (χ3v) is 4.08. The van der Waals surface area contributed by atoms with Crippen LogP contribution >= 0.6 is 0 Å². The summed E-state index contributed by atoms with van der Waals surface area (Å²) in [6.45, 7) is 2.35. The van der Waals surface area contributed by atoms with E-state index in [-0.39, 0.29) is 5.54 Å². The number of anilines is 1. The van der Waals surface area contributed by atoms with E-state index in [4.69, 9.17) is 5.73 Å². The Labute approximate surface area is 102 Å². The molecule has 3 rings (SSSR count). The molecule has 1 heterocycles. The van der Waals surface area contributed by atoms with Crippen molar-refractivity contribution in [3.05, 3.63) is 24.5 Å². The van der Waals surface area contributed by atoms with Gasteiger partial charge >= 0.3 is 0 Å². The van der Waals surface area contributed by atoms with Gasteiger partial charge in [-0.1, -0.05) is 19.3 Å². The van der Waals surface area contributed by atoms with Crippen molar-refractivity contribution in [3.8, 4) is 0 Å². The van der Waals surface area contributed by atoms with Crippen LogP contribution in [0.5, 0.6) is 0 Å². The topological polar surface area (TPSA) is 43.8 Å². The number of hydrogen-bond acceptors (Lipinski definition) is 2. The van der Waals surface area contributed by atoms with Gasteiger partial charge in [0.2, 0.25) is 0 Å². The fourth-order valence-electron chi connectivity index (χ4n) is 3.01. The van der Waals surface area contributed by atoms with Crippen LogP contribution < -0.4 is 5.73 Å². The van der Waals surface area contributed by atoms with Crippen LogP contribution in [0.3, 0.4) is 0 Å². The molecule has 1 aromatic heterocycles. The Morgan fingerprint density at radius 2 is 2.00 bits per heavy atom. The van der Waals surface area contributed by atoms with Gasteiger partial charge in [-0.2, -0.15) is 0 Å². The van der Waals surface area contributed by atoms with E-state index in [0.29, 0.717) is 0 Å². The predicted molar refractivity (Wildman–Crippen MR) is 70.9 cm³/mol. The molecule has 3 nitrogen and oxygen atoms in total. The Balaban J connectivity index is 2.10. The SMILES string of the molecule is CC1(n2cnc3cc(N)ccc32)CCCCC1. The number of nitrogens with zero attached hydrogens (tertiary/aromatic N) is 2. The molecule has 90 valence electrons. The average Bonchev–Trinajstić information content (AvgIpc) is 2.73. The summed E-state index contributed by atoms with van der Waals surface area (Å²) in [6, 6.07) is 6.02. The van der Waals surface area contributed by atoms with Crippen LogP contribution in [-0.2, 0) is 5.54 Å². The number of nitrogens with two attached hydrogens (primary N) is 1. The molecule has 0 radical (unpaired) electrons. The van der Waals surface area contributed by atoms with E-state index in [0.717, 1.165) is 11.2 Å². The van der Waals surface area contributed by atoms with E-state index in [1.54, 1.807) is 0 Å². The number of rotatable bonds is 1. The molecule has 1 fully saturated rings. The van der Waals surface area contributed by atoms with Gasteiger partial charge in [0.15, 0.2) is 0 Å². The highest BCUT2D eigenvalue weighted by atomic mass is 15.1. The number of nitrogen functional groups attached to an aromatic ring is 1. The molecule has 0 aliphatic heterocycles. The van der Waals surface area contributed by atoms with Crippen molar-refractivity contribution in [2.75, 3.05) is 5.73 Å². The largest absolute Gasteiger partial charge is 0.399 e. The molecule has 2 N–H and O–H groups in total. The average molecular weight is 229 g/mol. The molecule has 0 amide bonds. The first kappa shape index (κ1) is 10.6. The summed E-state index contributed by atoms with van der Waals surface area (Å²) in [7, 11) is 0. The lowest BCUT2D eigenvalue weighted by atomic mass is 9.83. The van der Waals surface area contributed by atoms with Crippen molar-refractivity contribution >= 4 is 16.7 Å². The Hall–Kier alpha value is -1.51. The van der Waals surface area contributed by atoms with Crippen molar-refractivity contribution in [1.82, 2.24) is 9.55 Å². The van der Waals surface area contributed by atoms with E-state index in [2.05, 4.69) is 22.5 Å². The monoisotopic (exact) mass is 229 g/mol. The van der Waals surface area contributed by atoms with Gasteiger partial charge in [0.25, 0.3) is 0 Å². The van der Waals surface area contributed by atoms with E-state index < -0.39 is 0 Å². The highest BCUT2D eigenvalue weighted by Gasteiger charge is 2.29. The zero-order chi connectivity index (χ0) is 11.9. The molecular formula is C14H19N3. The van der Waals surface area contributed by atoms with Crippen LogP contribution in [0.15, 0.2) is 24.5 Å². The molecule has 17 heavy (non-hydrogen) atoms. The molecule has 1 aliphatic carbocycles. The zero-order valence-corrected chi connectivity index (χ0v) is 10.3. The lowest BCUT2D eigenvalue weighted by Gasteiger charge is -2.35. The molecule has 1 aliphatic rings. The highest BCUT2D eigenvalue weighted by molar-refractivity contribution is 5.79. The quantitative estimate of drug-likeness (QED) is 0.762. The molecule has 0 unspecified atom stereocenters. The molecular weight excluding hydrogens is 210 g/mol. The Morgan fingerprint density at radius 1 is 1.24 bits per heavy atom. The number of fused-ring (bicyclic) bond motifs is 1. The highest BCUT2D eigenvalue weighted by Crippen LogP contribution is 2.36. The standard InChI is InChI=1S/C14H19N3/c1-14(7-3-2-4-8-14)17-10-16-12-9-11(15)5-6-13(12)17/h5-6,9-10H,2-4,7-8,15H2,1H3. The fraction of sp³-hybridized carbons (Fsp3) is 0.500. The van der Waals surface area contributed by atoms with Crippen molar-refractivity contribution in [3.63, 3.8) is 0 Å². The van der Waals surface area contributed by atoms with Gasteiger partial charge in [0, 0.05) is 11.2 Å². The van der Waals surface area contributed by atoms with Crippen molar-refractivity contribution < 1.29 is 0 Å². The Kier molecular flexibility index (Phi) is 2.35. The molecule has 3 heteroatoms. The maximum Gasteiger partial charge on any atom is 0.0963 e. The summed E-state index contributed by atoms with van der Waals surface area (Å²) >= 11 is 0. The first-order valence-corrected chi connectivity index (χ1v) is 6.42.